The van der Waals surface area contributed by atoms with E-state index in [9.17, 15) is 4.79 Å². The molecule has 0 bridgehead atoms. The van der Waals surface area contributed by atoms with Gasteiger partial charge in [-0.3, -0.25) is 0 Å². The molecular formula is C18H14Cl2N4O2. The minimum Gasteiger partial charge on any atom is -0.465 e. The normalized spacial score (nSPS) is 10.3. The summed E-state index contributed by atoms with van der Waals surface area (Å²) in [4.78, 5) is 20.2. The van der Waals surface area contributed by atoms with Gasteiger partial charge in [-0.25, -0.2) is 9.78 Å². The second-order valence-corrected chi connectivity index (χ2v) is 6.00. The van der Waals surface area contributed by atoms with Gasteiger partial charge >= 0.3 is 5.97 Å². The predicted octanol–water partition coefficient (Wildman–Crippen LogP) is 5.06. The van der Waals surface area contributed by atoms with Gasteiger partial charge in [-0.1, -0.05) is 35.3 Å². The van der Waals surface area contributed by atoms with E-state index in [0.29, 0.717) is 38.7 Å². The number of para-hydroxylation sites is 1. The molecule has 3 aromatic rings. The van der Waals surface area contributed by atoms with Gasteiger partial charge in [0.25, 0.3) is 0 Å². The third-order valence-corrected chi connectivity index (χ3v) is 4.09. The Kier molecular flexibility index (Phi) is 5.55. The third-order valence-electron chi connectivity index (χ3n) is 3.43. The number of aromatic nitrogens is 2. The Bertz CT molecular complexity index is 950. The highest BCUT2D eigenvalue weighted by Gasteiger charge is 2.10. The lowest BCUT2D eigenvalue weighted by molar-refractivity contribution is 0.0601. The number of rotatable bonds is 5. The van der Waals surface area contributed by atoms with Crippen LogP contribution in [0.4, 0.5) is 23.1 Å². The van der Waals surface area contributed by atoms with Crippen molar-refractivity contribution >= 4 is 52.3 Å². The molecule has 0 unspecified atom stereocenters. The van der Waals surface area contributed by atoms with Crippen LogP contribution in [-0.4, -0.2) is 23.0 Å². The zero-order valence-electron chi connectivity index (χ0n) is 13.7. The third kappa shape index (κ3) is 4.22. The van der Waals surface area contributed by atoms with Crippen LogP contribution in [0.1, 0.15) is 10.4 Å². The molecule has 0 radical (unpaired) electrons. The molecule has 0 saturated heterocycles. The van der Waals surface area contributed by atoms with Gasteiger partial charge < -0.3 is 15.4 Å². The number of carbonyl (C=O) groups excluding carboxylic acids is 1. The molecule has 0 aliphatic carbocycles. The van der Waals surface area contributed by atoms with Crippen LogP contribution in [0.15, 0.2) is 54.7 Å². The van der Waals surface area contributed by atoms with E-state index in [-0.39, 0.29) is 0 Å². The molecule has 6 nitrogen and oxygen atoms in total. The number of ether oxygens (including phenoxy) is 1. The van der Waals surface area contributed by atoms with Crippen molar-refractivity contribution in [3.05, 3.63) is 70.3 Å². The van der Waals surface area contributed by atoms with Gasteiger partial charge in [-0.05, 0) is 36.4 Å². The van der Waals surface area contributed by atoms with Gasteiger partial charge in [0.2, 0.25) is 5.95 Å². The molecule has 26 heavy (non-hydrogen) atoms. The van der Waals surface area contributed by atoms with Gasteiger partial charge in [0.05, 0.1) is 34.1 Å². The maximum atomic E-state index is 11.7. The van der Waals surface area contributed by atoms with Crippen molar-refractivity contribution in [2.45, 2.75) is 0 Å². The lowest BCUT2D eigenvalue weighted by Crippen LogP contribution is -2.04. The highest BCUT2D eigenvalue weighted by atomic mass is 35.5. The number of carbonyl (C=O) groups is 1. The molecular weight excluding hydrogens is 375 g/mol. The number of anilines is 4. The summed E-state index contributed by atoms with van der Waals surface area (Å²) in [5, 5.41) is 7.12. The van der Waals surface area contributed by atoms with Crippen molar-refractivity contribution < 1.29 is 9.53 Å². The van der Waals surface area contributed by atoms with Crippen molar-refractivity contribution in [1.29, 1.82) is 0 Å². The topological polar surface area (TPSA) is 76.1 Å². The molecule has 2 aromatic carbocycles. The Hall–Kier alpha value is -2.83. The van der Waals surface area contributed by atoms with E-state index in [1.165, 1.54) is 7.11 Å². The first-order chi connectivity index (χ1) is 12.6. The van der Waals surface area contributed by atoms with Crippen molar-refractivity contribution in [2.24, 2.45) is 0 Å². The SMILES string of the molecule is COC(=O)c1ccc(Cl)c(Nc2ccnc(Nc3ccccc3Cl)n2)c1. The molecule has 2 N–H and O–H groups in total. The molecule has 0 amide bonds. The molecule has 0 aliphatic rings. The summed E-state index contributed by atoms with van der Waals surface area (Å²) < 4.78 is 4.72. The molecule has 0 aliphatic heterocycles. The van der Waals surface area contributed by atoms with Crippen LogP contribution in [0.5, 0.6) is 0 Å². The minimum absolute atomic E-state index is 0.364. The number of benzene rings is 2. The average molecular weight is 389 g/mol. The molecule has 0 atom stereocenters. The first-order valence-electron chi connectivity index (χ1n) is 7.56. The summed E-state index contributed by atoms with van der Waals surface area (Å²) >= 11 is 12.3. The largest absolute Gasteiger partial charge is 0.465 e. The fourth-order valence-corrected chi connectivity index (χ4v) is 2.52. The zero-order valence-corrected chi connectivity index (χ0v) is 15.2. The van der Waals surface area contributed by atoms with Crippen LogP contribution in [0.3, 0.4) is 0 Å². The monoisotopic (exact) mass is 388 g/mol. The summed E-state index contributed by atoms with van der Waals surface area (Å²) in [6, 6.07) is 13.8. The van der Waals surface area contributed by atoms with Gasteiger partial charge in [0.1, 0.15) is 5.82 Å². The quantitative estimate of drug-likeness (QED) is 0.595. The van der Waals surface area contributed by atoms with Crippen molar-refractivity contribution in [3.8, 4) is 0 Å². The molecule has 8 heteroatoms. The first-order valence-corrected chi connectivity index (χ1v) is 8.32. The molecule has 0 saturated carbocycles. The summed E-state index contributed by atoms with van der Waals surface area (Å²) in [5.41, 5.74) is 1.59. The van der Waals surface area contributed by atoms with E-state index in [1.54, 1.807) is 36.5 Å². The Morgan fingerprint density at radius 2 is 1.77 bits per heavy atom. The highest BCUT2D eigenvalue weighted by molar-refractivity contribution is 6.33. The number of methoxy groups -OCH3 is 1. The number of halogens is 2. The predicted molar refractivity (Wildman–Crippen MR) is 103 cm³/mol. The van der Waals surface area contributed by atoms with E-state index in [2.05, 4.69) is 20.6 Å². The maximum Gasteiger partial charge on any atom is 0.337 e. The fraction of sp³-hybridized carbons (Fsp3) is 0.0556. The van der Waals surface area contributed by atoms with Gasteiger partial charge in [-0.15, -0.1) is 0 Å². The molecule has 0 fully saturated rings. The number of esters is 1. The number of hydrogen-bond donors (Lipinski definition) is 2. The molecule has 0 spiro atoms. The van der Waals surface area contributed by atoms with E-state index in [0.717, 1.165) is 0 Å². The Balaban J connectivity index is 1.83. The van der Waals surface area contributed by atoms with Crippen LogP contribution >= 0.6 is 23.2 Å². The van der Waals surface area contributed by atoms with E-state index in [4.69, 9.17) is 27.9 Å². The standard InChI is InChI=1S/C18H14Cl2N4O2/c1-26-17(25)11-6-7-13(20)15(10-11)22-16-8-9-21-18(24-16)23-14-5-3-2-4-12(14)19/h2-10H,1H3,(H2,21,22,23,24). The second kappa shape index (κ2) is 8.03. The highest BCUT2D eigenvalue weighted by Crippen LogP contribution is 2.27. The molecule has 1 heterocycles. The lowest BCUT2D eigenvalue weighted by atomic mass is 10.2. The summed E-state index contributed by atoms with van der Waals surface area (Å²) in [5.74, 6) is 0.412. The van der Waals surface area contributed by atoms with Gasteiger partial charge in [0, 0.05) is 6.20 Å². The Morgan fingerprint density at radius 1 is 1.00 bits per heavy atom. The van der Waals surface area contributed by atoms with Crippen molar-refractivity contribution in [3.63, 3.8) is 0 Å². The first kappa shape index (κ1) is 18.0. The molecule has 132 valence electrons. The fourth-order valence-electron chi connectivity index (χ4n) is 2.18. The maximum absolute atomic E-state index is 11.7. The van der Waals surface area contributed by atoms with E-state index >= 15 is 0 Å². The summed E-state index contributed by atoms with van der Waals surface area (Å²) in [7, 11) is 1.32. The van der Waals surface area contributed by atoms with Crippen molar-refractivity contribution in [2.75, 3.05) is 17.7 Å². The van der Waals surface area contributed by atoms with Crippen LogP contribution in [0.25, 0.3) is 0 Å². The van der Waals surface area contributed by atoms with Crippen molar-refractivity contribution in [1.82, 2.24) is 9.97 Å². The molecule has 1 aromatic heterocycles. The Morgan fingerprint density at radius 3 is 2.54 bits per heavy atom. The van der Waals surface area contributed by atoms with Crippen LogP contribution in [0.2, 0.25) is 10.0 Å². The number of nitrogens with zero attached hydrogens (tertiary/aromatic N) is 2. The van der Waals surface area contributed by atoms with Crippen LogP contribution in [-0.2, 0) is 4.74 Å². The minimum atomic E-state index is -0.450. The lowest BCUT2D eigenvalue weighted by Gasteiger charge is -2.11. The van der Waals surface area contributed by atoms with Crippen LogP contribution < -0.4 is 10.6 Å². The van der Waals surface area contributed by atoms with Gasteiger partial charge in [-0.2, -0.15) is 4.98 Å². The second-order valence-electron chi connectivity index (χ2n) is 5.18. The average Bonchev–Trinajstić information content (AvgIpc) is 2.65. The van der Waals surface area contributed by atoms with Gasteiger partial charge in [0.15, 0.2) is 0 Å². The Labute approximate surface area is 160 Å². The smallest absolute Gasteiger partial charge is 0.337 e. The van der Waals surface area contributed by atoms with E-state index in [1.807, 2.05) is 18.2 Å². The molecule has 3 rings (SSSR count). The zero-order chi connectivity index (χ0) is 18.5. The number of nitrogens with one attached hydrogen (secondary N) is 2. The van der Waals surface area contributed by atoms with E-state index < -0.39 is 5.97 Å². The number of hydrogen-bond acceptors (Lipinski definition) is 6. The summed E-state index contributed by atoms with van der Waals surface area (Å²) in [6.07, 6.45) is 1.59. The summed E-state index contributed by atoms with van der Waals surface area (Å²) in [6.45, 7) is 0. The van der Waals surface area contributed by atoms with Crippen LogP contribution in [0, 0.1) is 0 Å².